The zero-order valence-electron chi connectivity index (χ0n) is 23.0. The summed E-state index contributed by atoms with van der Waals surface area (Å²) in [4.78, 5) is 34.4. The van der Waals surface area contributed by atoms with Crippen LogP contribution in [-0.4, -0.2) is 74.9 Å². The van der Waals surface area contributed by atoms with Gasteiger partial charge in [-0.05, 0) is 36.4 Å². The predicted molar refractivity (Wildman–Crippen MR) is 163 cm³/mol. The summed E-state index contributed by atoms with van der Waals surface area (Å²) in [6, 6.07) is 17.0. The normalized spacial score (nSPS) is 10.1. The van der Waals surface area contributed by atoms with Gasteiger partial charge in [-0.3, -0.25) is 9.97 Å². The van der Waals surface area contributed by atoms with Crippen LogP contribution in [0.5, 0.6) is 0 Å². The molecule has 0 aliphatic rings. The molecule has 5 rings (SSSR count). The second-order valence-electron chi connectivity index (χ2n) is 8.80. The average Bonchev–Trinajstić information content (AvgIpc) is 3.54. The van der Waals surface area contributed by atoms with Crippen molar-refractivity contribution in [2.45, 2.75) is 30.9 Å². The minimum atomic E-state index is -2.07. The molecule has 0 fully saturated rings. The zero-order chi connectivity index (χ0) is 30.0. The molecule has 0 aromatic carbocycles. The van der Waals surface area contributed by atoms with Crippen molar-refractivity contribution in [2.75, 3.05) is 5.75 Å². The van der Waals surface area contributed by atoms with Crippen molar-refractivity contribution >= 4 is 42.2 Å². The maximum absolute atomic E-state index is 8.48. The first-order valence-corrected chi connectivity index (χ1v) is 24.1. The van der Waals surface area contributed by atoms with Crippen LogP contribution in [0.25, 0.3) is 33.2 Å². The van der Waals surface area contributed by atoms with E-state index in [1.54, 1.807) is 30.9 Å². The van der Waals surface area contributed by atoms with E-state index in [0.717, 1.165) is 22.8 Å². The summed E-state index contributed by atoms with van der Waals surface area (Å²) in [5, 5.41) is 23.4. The number of H-pyrrole nitrogens is 1. The maximum atomic E-state index is 8.48. The third kappa shape index (κ3) is 12.1. The first kappa shape index (κ1) is 32.3. The minimum absolute atomic E-state index is 0.353. The quantitative estimate of drug-likeness (QED) is 0.0521. The SMILES string of the molecule is N#CCSc1nccc(-c2ccccn2)n1.[CH3][Sn]([CH3])([CH3])[N]=[N+]=[N-].c1ccc(-c2ccnc(SCc3nn[nH]n3)n2)nc1. The number of pyridine rings is 2. The van der Waals surface area contributed by atoms with Crippen molar-refractivity contribution in [3.63, 3.8) is 0 Å². The molecule has 17 heteroatoms. The number of thioether (sulfide) groups is 2. The molecule has 1 N–H and O–H groups in total. The number of nitriles is 1. The summed E-state index contributed by atoms with van der Waals surface area (Å²) in [5.74, 6) is 1.55. The molecule has 0 saturated heterocycles. The number of nitrogens with one attached hydrogen (secondary N) is 1. The van der Waals surface area contributed by atoms with Gasteiger partial charge < -0.3 is 0 Å². The number of azide groups is 1. The molecule has 0 bridgehead atoms. The van der Waals surface area contributed by atoms with E-state index < -0.39 is 18.7 Å². The molecular weight excluding hydrogens is 679 g/mol. The fraction of sp³-hybridized carbons (Fsp3) is 0.200. The first-order valence-electron chi connectivity index (χ1n) is 12.3. The van der Waals surface area contributed by atoms with Crippen molar-refractivity contribution in [1.82, 2.24) is 50.5 Å². The predicted octanol–water partition coefficient (Wildman–Crippen LogP) is 5.63. The summed E-state index contributed by atoms with van der Waals surface area (Å²) in [5.41, 5.74) is 11.1. The molecule has 0 saturated carbocycles. The monoisotopic (exact) mass is 706 g/mol. The van der Waals surface area contributed by atoms with E-state index in [2.05, 4.69) is 73.6 Å². The van der Waals surface area contributed by atoms with Gasteiger partial charge in [0.2, 0.25) is 0 Å². The van der Waals surface area contributed by atoms with Gasteiger partial charge in [0.1, 0.15) is 0 Å². The van der Waals surface area contributed by atoms with Crippen LogP contribution >= 0.6 is 23.5 Å². The van der Waals surface area contributed by atoms with Crippen LogP contribution in [0.3, 0.4) is 0 Å². The Bertz CT molecular complexity index is 1590. The van der Waals surface area contributed by atoms with Gasteiger partial charge in [0, 0.05) is 24.8 Å². The third-order valence-corrected chi connectivity index (χ3v) is 8.01. The molecule has 5 heterocycles. The Morgan fingerprint density at radius 3 is 1.86 bits per heavy atom. The molecular formula is C25H26N14S2Sn. The van der Waals surface area contributed by atoms with Gasteiger partial charge in [0.25, 0.3) is 0 Å². The molecule has 14 nitrogen and oxygen atoms in total. The van der Waals surface area contributed by atoms with Crippen molar-refractivity contribution in [3.05, 3.63) is 89.6 Å². The number of aromatic amines is 1. The van der Waals surface area contributed by atoms with Gasteiger partial charge in [-0.25, -0.2) is 19.9 Å². The number of tetrazole rings is 1. The van der Waals surface area contributed by atoms with Crippen LogP contribution in [0.15, 0.2) is 87.0 Å². The fourth-order valence-electron chi connectivity index (χ4n) is 2.74. The number of nitrogens with zero attached hydrogens (tertiary/aromatic N) is 13. The Labute approximate surface area is 255 Å². The summed E-state index contributed by atoms with van der Waals surface area (Å²) in [6.07, 6.45) is 6.86. The fourth-order valence-corrected chi connectivity index (χ4v) is 4.67. The van der Waals surface area contributed by atoms with E-state index in [0.29, 0.717) is 27.6 Å². The van der Waals surface area contributed by atoms with Gasteiger partial charge in [-0.15, -0.1) is 10.2 Å². The van der Waals surface area contributed by atoms with E-state index in [-0.39, 0.29) is 0 Å². The molecule has 0 unspecified atom stereocenters. The van der Waals surface area contributed by atoms with Gasteiger partial charge in [0.15, 0.2) is 16.1 Å². The second kappa shape index (κ2) is 17.6. The van der Waals surface area contributed by atoms with Crippen molar-refractivity contribution < 1.29 is 0 Å². The number of hydrogen-bond acceptors (Lipinski definition) is 13. The van der Waals surface area contributed by atoms with Crippen molar-refractivity contribution in [1.29, 1.82) is 5.26 Å². The summed E-state index contributed by atoms with van der Waals surface area (Å²) >= 11 is 0.703. The number of aromatic nitrogens is 10. The van der Waals surface area contributed by atoms with E-state index in [9.17, 15) is 0 Å². The van der Waals surface area contributed by atoms with Crippen molar-refractivity contribution in [2.24, 2.45) is 3.34 Å². The van der Waals surface area contributed by atoms with Crippen LogP contribution in [0, 0.1) is 11.3 Å². The molecule has 0 aliphatic carbocycles. The zero-order valence-corrected chi connectivity index (χ0v) is 27.5. The Kier molecular flexibility index (Phi) is 13.6. The second-order valence-corrected chi connectivity index (χ2v) is 23.6. The number of rotatable bonds is 8. The van der Waals surface area contributed by atoms with Gasteiger partial charge >= 0.3 is 47.2 Å². The molecule has 5 aromatic rings. The summed E-state index contributed by atoms with van der Waals surface area (Å²) in [7, 11) is 0. The van der Waals surface area contributed by atoms with Gasteiger partial charge in [-0.1, -0.05) is 40.9 Å². The minimum Gasteiger partial charge on any atom is -0.255 e. The van der Waals surface area contributed by atoms with Gasteiger partial charge in [-0.2, -0.15) is 10.5 Å². The van der Waals surface area contributed by atoms with E-state index in [1.807, 2.05) is 48.5 Å². The summed E-state index contributed by atoms with van der Waals surface area (Å²) in [6.45, 7) is 0. The molecule has 42 heavy (non-hydrogen) atoms. The van der Waals surface area contributed by atoms with Crippen LogP contribution in [0.2, 0.25) is 14.8 Å². The van der Waals surface area contributed by atoms with E-state index in [1.165, 1.54) is 23.5 Å². The largest absolute Gasteiger partial charge is 0.255 e. The first-order chi connectivity index (χ1) is 20.4. The standard InChI is InChI=1S/C11H9N7S.C11H8N4S.3CH3.N3.Sn/c1-2-5-12-8(3-1)9-4-6-13-11(14-9)19-7-10-15-17-18-16-10;12-5-8-16-11-14-7-4-10(15-11)9-3-1-2-6-13-9;;;;1-3-2;/h1-6H,7H2,(H,15,16,17,18);1-4,6-7H,8H2;3*1H3;;/q;;;;;-1;+1. The maximum Gasteiger partial charge on any atom is 0.188 e. The van der Waals surface area contributed by atoms with Crippen LogP contribution < -0.4 is 0 Å². The Balaban J connectivity index is 0.000000191. The molecule has 0 spiro atoms. The Morgan fingerprint density at radius 2 is 1.43 bits per heavy atom. The Hall–Kier alpha value is -4.17. The topological polar surface area (TPSA) is 204 Å². The third-order valence-electron chi connectivity index (χ3n) is 4.45. The van der Waals surface area contributed by atoms with Crippen LogP contribution in [0.4, 0.5) is 0 Å². The van der Waals surface area contributed by atoms with E-state index >= 15 is 0 Å². The summed E-state index contributed by atoms with van der Waals surface area (Å²) < 4.78 is 3.65. The molecule has 212 valence electrons. The molecule has 5 aromatic heterocycles. The molecule has 0 amide bonds. The average molecular weight is 705 g/mol. The number of hydrogen-bond donors (Lipinski definition) is 1. The van der Waals surface area contributed by atoms with Crippen molar-refractivity contribution in [3.8, 4) is 28.8 Å². The van der Waals surface area contributed by atoms with Crippen LogP contribution in [-0.2, 0) is 5.75 Å². The smallest absolute Gasteiger partial charge is 0.188 e. The molecule has 0 radical (unpaired) electrons. The molecule has 0 aliphatic heterocycles. The van der Waals surface area contributed by atoms with E-state index in [4.69, 9.17) is 10.8 Å². The molecule has 0 atom stereocenters. The van der Waals surface area contributed by atoms with Crippen LogP contribution in [0.1, 0.15) is 5.82 Å². The van der Waals surface area contributed by atoms with Gasteiger partial charge in [0.05, 0.1) is 40.4 Å². The Morgan fingerprint density at radius 1 is 0.833 bits per heavy atom.